The van der Waals surface area contributed by atoms with Crippen LogP contribution in [0.15, 0.2) is 30.6 Å². The van der Waals surface area contributed by atoms with Crippen LogP contribution in [0.4, 0.5) is 14.5 Å². The van der Waals surface area contributed by atoms with E-state index in [1.807, 2.05) is 18.5 Å². The summed E-state index contributed by atoms with van der Waals surface area (Å²) < 4.78 is 29.9. The Bertz CT molecular complexity index is 1670. The Morgan fingerprint density at radius 3 is 2.69 bits per heavy atom. The maximum atomic E-state index is 13.2. The fourth-order valence-corrected chi connectivity index (χ4v) is 5.18. The quantitative estimate of drug-likeness (QED) is 0.353. The number of nitrogens with zero attached hydrogens (tertiary/aromatic N) is 6. The molecule has 5 heterocycles. The van der Waals surface area contributed by atoms with Crippen LogP contribution in [0, 0.1) is 13.8 Å². The first kappa shape index (κ1) is 23.5. The fraction of sp³-hybridized carbons (Fsp3) is 0.217. The van der Waals surface area contributed by atoms with Crippen LogP contribution in [0.5, 0.6) is 0 Å². The summed E-state index contributed by atoms with van der Waals surface area (Å²) in [5.74, 6) is -1.43. The van der Waals surface area contributed by atoms with Crippen LogP contribution in [0.3, 0.4) is 0 Å². The Kier molecular flexibility index (Phi) is 5.71. The highest BCUT2D eigenvalue weighted by Crippen LogP contribution is 2.38. The monoisotopic (exact) mass is 510 g/mol. The minimum absolute atomic E-state index is 0.00514. The highest BCUT2D eigenvalue weighted by Gasteiger charge is 2.25. The molecule has 5 aromatic heterocycles. The predicted octanol–water partition coefficient (Wildman–Crippen LogP) is 4.13. The molecule has 0 bridgehead atoms. The average Bonchev–Trinajstić information content (AvgIpc) is 3.53. The van der Waals surface area contributed by atoms with E-state index in [0.29, 0.717) is 28.8 Å². The smallest absolute Gasteiger partial charge is 0.280 e. The van der Waals surface area contributed by atoms with Crippen molar-refractivity contribution < 1.29 is 18.4 Å². The molecule has 184 valence electrons. The zero-order valence-corrected chi connectivity index (χ0v) is 20.2. The lowest BCUT2D eigenvalue weighted by atomic mass is 10.1. The third-order valence-corrected chi connectivity index (χ3v) is 6.93. The van der Waals surface area contributed by atoms with Gasteiger partial charge in [-0.3, -0.25) is 14.3 Å². The first-order valence-electron chi connectivity index (χ1n) is 10.9. The normalized spacial score (nSPS) is 11.6. The number of aromatic nitrogens is 6. The van der Waals surface area contributed by atoms with Crippen LogP contribution in [0.25, 0.3) is 27.1 Å². The van der Waals surface area contributed by atoms with Crippen LogP contribution in [0.2, 0.25) is 0 Å². The number of nitrogens with one attached hydrogen (secondary N) is 1. The van der Waals surface area contributed by atoms with E-state index in [4.69, 9.17) is 5.73 Å². The van der Waals surface area contributed by atoms with Crippen molar-refractivity contribution in [2.45, 2.75) is 33.7 Å². The Hall–Kier alpha value is -4.26. The van der Waals surface area contributed by atoms with Crippen LogP contribution in [-0.4, -0.2) is 41.2 Å². The number of hydrogen-bond donors (Lipinski definition) is 2. The minimum Gasteiger partial charge on any atom is -0.365 e. The van der Waals surface area contributed by atoms with Crippen LogP contribution >= 0.6 is 11.3 Å². The molecule has 0 atom stereocenters. The van der Waals surface area contributed by atoms with Crippen molar-refractivity contribution in [3.8, 4) is 11.3 Å². The van der Waals surface area contributed by atoms with Gasteiger partial charge in [-0.1, -0.05) is 0 Å². The summed E-state index contributed by atoms with van der Waals surface area (Å²) in [6.07, 6.45) is 0.567. The molecule has 0 saturated heterocycles. The molecule has 13 heteroatoms. The van der Waals surface area contributed by atoms with E-state index in [-0.39, 0.29) is 21.1 Å². The second kappa shape index (κ2) is 8.75. The molecule has 0 aromatic carbocycles. The van der Waals surface area contributed by atoms with Gasteiger partial charge in [-0.25, -0.2) is 23.3 Å². The minimum atomic E-state index is -2.78. The zero-order chi connectivity index (χ0) is 25.7. The molecule has 0 aliphatic carbocycles. The largest absolute Gasteiger partial charge is 0.365 e. The molecule has 0 saturated carbocycles. The Balaban J connectivity index is 1.57. The molecular weight excluding hydrogens is 490 g/mol. The Morgan fingerprint density at radius 1 is 1.25 bits per heavy atom. The van der Waals surface area contributed by atoms with Crippen molar-refractivity contribution in [2.75, 3.05) is 5.32 Å². The number of amides is 2. The van der Waals surface area contributed by atoms with E-state index >= 15 is 0 Å². The summed E-state index contributed by atoms with van der Waals surface area (Å²) in [6, 6.07) is 4.51. The number of alkyl halides is 2. The maximum Gasteiger partial charge on any atom is 0.280 e. The lowest BCUT2D eigenvalue weighted by Crippen LogP contribution is -2.17. The molecule has 0 aliphatic rings. The SMILES string of the molecule is CCn1ncc(-c2ccnc3cc(C(=O)Nc4c(C(N)=O)sc5nc(C(F)F)cc(C)c45)nn23)c1C. The van der Waals surface area contributed by atoms with Gasteiger partial charge in [0.15, 0.2) is 11.3 Å². The van der Waals surface area contributed by atoms with E-state index in [9.17, 15) is 18.4 Å². The van der Waals surface area contributed by atoms with Crippen molar-refractivity contribution >= 4 is 44.7 Å². The molecule has 2 amide bonds. The number of pyridine rings is 1. The number of anilines is 1. The summed E-state index contributed by atoms with van der Waals surface area (Å²) >= 11 is 0.845. The second-order valence-corrected chi connectivity index (χ2v) is 9.06. The predicted molar refractivity (Wildman–Crippen MR) is 130 cm³/mol. The zero-order valence-electron chi connectivity index (χ0n) is 19.4. The number of carbonyl (C=O) groups is 2. The molecule has 0 unspecified atom stereocenters. The number of halogens is 2. The molecule has 36 heavy (non-hydrogen) atoms. The van der Waals surface area contributed by atoms with E-state index in [1.165, 1.54) is 12.1 Å². The van der Waals surface area contributed by atoms with Crippen LogP contribution in [0.1, 0.15) is 50.5 Å². The van der Waals surface area contributed by atoms with Gasteiger partial charge in [0.2, 0.25) is 0 Å². The molecule has 5 rings (SSSR count). The number of fused-ring (bicyclic) bond motifs is 2. The first-order valence-corrected chi connectivity index (χ1v) is 11.7. The van der Waals surface area contributed by atoms with Crippen molar-refractivity contribution in [3.63, 3.8) is 0 Å². The lowest BCUT2D eigenvalue weighted by molar-refractivity contribution is 0.100. The summed E-state index contributed by atoms with van der Waals surface area (Å²) in [5.41, 5.74) is 8.60. The van der Waals surface area contributed by atoms with Gasteiger partial charge in [0.05, 0.1) is 17.6 Å². The van der Waals surface area contributed by atoms with Crippen molar-refractivity contribution in [3.05, 3.63) is 58.1 Å². The molecule has 0 fully saturated rings. The van der Waals surface area contributed by atoms with Crippen molar-refractivity contribution in [1.29, 1.82) is 0 Å². The van der Waals surface area contributed by atoms with E-state index in [2.05, 4.69) is 25.5 Å². The van der Waals surface area contributed by atoms with Crippen LogP contribution < -0.4 is 11.1 Å². The van der Waals surface area contributed by atoms with Gasteiger partial charge in [-0.15, -0.1) is 11.3 Å². The number of rotatable bonds is 6. The number of aryl methyl sites for hydroxylation is 2. The summed E-state index contributed by atoms with van der Waals surface area (Å²) in [5, 5.41) is 11.9. The van der Waals surface area contributed by atoms with Gasteiger partial charge in [0.25, 0.3) is 18.2 Å². The lowest BCUT2D eigenvalue weighted by Gasteiger charge is -2.07. The Labute approximate surface area is 206 Å². The average molecular weight is 511 g/mol. The molecule has 5 aromatic rings. The van der Waals surface area contributed by atoms with Crippen molar-refractivity contribution in [1.82, 2.24) is 29.4 Å². The first-order chi connectivity index (χ1) is 17.2. The molecule has 10 nitrogen and oxygen atoms in total. The van der Waals surface area contributed by atoms with Gasteiger partial charge in [0.1, 0.15) is 15.4 Å². The number of primary amides is 1. The van der Waals surface area contributed by atoms with E-state index in [0.717, 1.165) is 22.6 Å². The van der Waals surface area contributed by atoms with Gasteiger partial charge >= 0.3 is 0 Å². The topological polar surface area (TPSA) is 133 Å². The molecular formula is C23H20F2N8O2S. The van der Waals surface area contributed by atoms with E-state index in [1.54, 1.807) is 29.9 Å². The number of carbonyl (C=O) groups excluding carboxylic acids is 2. The highest BCUT2D eigenvalue weighted by molar-refractivity contribution is 7.21. The van der Waals surface area contributed by atoms with Gasteiger partial charge in [0, 0.05) is 35.5 Å². The second-order valence-electron chi connectivity index (χ2n) is 8.06. The summed E-state index contributed by atoms with van der Waals surface area (Å²) in [4.78, 5) is 33.8. The molecule has 0 spiro atoms. The van der Waals surface area contributed by atoms with Crippen molar-refractivity contribution in [2.24, 2.45) is 5.73 Å². The fourth-order valence-electron chi connectivity index (χ4n) is 4.12. The highest BCUT2D eigenvalue weighted by atomic mass is 32.1. The molecule has 3 N–H and O–H groups in total. The van der Waals surface area contributed by atoms with Gasteiger partial charge in [-0.05, 0) is 38.5 Å². The standard InChI is InChI=1S/C23H20F2N8O2S/c1-4-32-11(3)12(9-28-32)15-5-6-27-16-8-14(31-33(15)16)22(35)30-18-17-10(2)7-13(20(24)25)29-23(17)36-19(18)21(26)34/h5-9,20H,4H2,1-3H3,(H2,26,34)(H,30,35). The molecule has 0 aliphatic heterocycles. The third-order valence-electron chi connectivity index (χ3n) is 5.83. The maximum absolute atomic E-state index is 13.2. The van der Waals surface area contributed by atoms with Crippen LogP contribution in [-0.2, 0) is 6.54 Å². The van der Waals surface area contributed by atoms with E-state index < -0.39 is 23.9 Å². The Morgan fingerprint density at radius 2 is 2.03 bits per heavy atom. The number of nitrogens with two attached hydrogens (primary N) is 1. The van der Waals surface area contributed by atoms with Gasteiger partial charge in [-0.2, -0.15) is 10.2 Å². The summed E-state index contributed by atoms with van der Waals surface area (Å²) in [6.45, 7) is 6.24. The number of thiophene rings is 1. The molecule has 0 radical (unpaired) electrons. The van der Waals surface area contributed by atoms with Gasteiger partial charge < -0.3 is 11.1 Å². The number of hydrogen-bond acceptors (Lipinski definition) is 7. The third kappa shape index (κ3) is 3.77. The summed E-state index contributed by atoms with van der Waals surface area (Å²) in [7, 11) is 0.